The molecule has 0 radical (unpaired) electrons. The van der Waals surface area contributed by atoms with Gasteiger partial charge in [-0.1, -0.05) is 0 Å². The monoisotopic (exact) mass is 437 g/mol. The zero-order valence-corrected chi connectivity index (χ0v) is 16.1. The van der Waals surface area contributed by atoms with E-state index in [0.717, 1.165) is 18.0 Å². The van der Waals surface area contributed by atoms with Crippen molar-refractivity contribution in [3.8, 4) is 11.5 Å². The minimum atomic E-state index is 0. The highest BCUT2D eigenvalue weighted by Gasteiger charge is 2.13. The van der Waals surface area contributed by atoms with Crippen LogP contribution in [0.5, 0.6) is 11.5 Å². The van der Waals surface area contributed by atoms with Crippen LogP contribution in [0.4, 0.5) is 5.69 Å². The van der Waals surface area contributed by atoms with Crippen LogP contribution in [0.25, 0.3) is 0 Å². The second-order valence-corrected chi connectivity index (χ2v) is 6.15. The molecule has 22 heavy (non-hydrogen) atoms. The Morgan fingerprint density at radius 1 is 1.41 bits per heavy atom. The lowest BCUT2D eigenvalue weighted by Gasteiger charge is -2.19. The lowest BCUT2D eigenvalue weighted by atomic mass is 10.1. The highest BCUT2D eigenvalue weighted by atomic mass is 127. The normalized spacial score (nSPS) is 18.3. The second kappa shape index (κ2) is 10.0. The molecular formula is C15H24IN3O2S. The van der Waals surface area contributed by atoms with Crippen molar-refractivity contribution in [1.29, 1.82) is 0 Å². The standard InChI is InChI=1S/C15H23N3O2S.HI/c1-19-12-5-6-14(20-2)13(8-12)18-15(16)17-9-11-4-3-7-21-10-11;/h5-6,8,11H,3-4,7,9-10H2,1-2H3,(H3,16,17,18);1H. The van der Waals surface area contributed by atoms with Gasteiger partial charge in [-0.15, -0.1) is 24.0 Å². The van der Waals surface area contributed by atoms with Crippen LogP contribution in [0.1, 0.15) is 12.8 Å². The van der Waals surface area contributed by atoms with Crippen LogP contribution in [-0.4, -0.2) is 38.2 Å². The molecule has 2 rings (SSSR count). The van der Waals surface area contributed by atoms with E-state index in [1.165, 1.54) is 24.3 Å². The van der Waals surface area contributed by atoms with Crippen molar-refractivity contribution in [2.24, 2.45) is 16.6 Å². The molecule has 1 aromatic carbocycles. The Labute approximate surface area is 153 Å². The van der Waals surface area contributed by atoms with Crippen LogP contribution < -0.4 is 20.5 Å². The van der Waals surface area contributed by atoms with Crippen molar-refractivity contribution in [3.63, 3.8) is 0 Å². The largest absolute Gasteiger partial charge is 0.497 e. The number of nitrogens with one attached hydrogen (secondary N) is 1. The molecule has 124 valence electrons. The van der Waals surface area contributed by atoms with Gasteiger partial charge in [0.2, 0.25) is 0 Å². The number of hydrogen-bond donors (Lipinski definition) is 2. The quantitative estimate of drug-likeness (QED) is 0.421. The molecular weight excluding hydrogens is 413 g/mol. The first kappa shape index (κ1) is 19.2. The molecule has 1 saturated heterocycles. The van der Waals surface area contributed by atoms with Gasteiger partial charge in [-0.2, -0.15) is 11.8 Å². The first-order valence-electron chi connectivity index (χ1n) is 7.09. The number of hydrogen-bond acceptors (Lipinski definition) is 4. The third kappa shape index (κ3) is 5.75. The van der Waals surface area contributed by atoms with E-state index in [-0.39, 0.29) is 24.0 Å². The third-order valence-corrected chi connectivity index (χ3v) is 4.73. The Morgan fingerprint density at radius 2 is 2.23 bits per heavy atom. The number of methoxy groups -OCH3 is 2. The molecule has 1 atom stereocenters. The average Bonchev–Trinajstić information content (AvgIpc) is 2.54. The Hall–Kier alpha value is -0.830. The number of nitrogens with zero attached hydrogens (tertiary/aromatic N) is 1. The first-order chi connectivity index (χ1) is 10.2. The van der Waals surface area contributed by atoms with Crippen LogP contribution in [0.3, 0.4) is 0 Å². The molecule has 1 fully saturated rings. The molecule has 0 saturated carbocycles. The Balaban J connectivity index is 0.00000242. The first-order valence-corrected chi connectivity index (χ1v) is 8.25. The van der Waals surface area contributed by atoms with Crippen LogP contribution in [0.2, 0.25) is 0 Å². The van der Waals surface area contributed by atoms with E-state index in [9.17, 15) is 0 Å². The highest BCUT2D eigenvalue weighted by Crippen LogP contribution is 2.28. The maximum Gasteiger partial charge on any atom is 0.193 e. The lowest BCUT2D eigenvalue weighted by molar-refractivity contribution is 0.405. The zero-order valence-electron chi connectivity index (χ0n) is 13.0. The van der Waals surface area contributed by atoms with E-state index >= 15 is 0 Å². The van der Waals surface area contributed by atoms with Gasteiger partial charge in [0.1, 0.15) is 11.5 Å². The van der Waals surface area contributed by atoms with Gasteiger partial charge >= 0.3 is 0 Å². The fourth-order valence-corrected chi connectivity index (χ4v) is 3.41. The van der Waals surface area contributed by atoms with Crippen LogP contribution in [0.15, 0.2) is 23.2 Å². The molecule has 1 aromatic rings. The summed E-state index contributed by atoms with van der Waals surface area (Å²) in [5.41, 5.74) is 6.73. The summed E-state index contributed by atoms with van der Waals surface area (Å²) in [4.78, 5) is 4.45. The number of aliphatic imine (C=N–C) groups is 1. The third-order valence-electron chi connectivity index (χ3n) is 3.44. The number of ether oxygens (including phenoxy) is 2. The molecule has 0 amide bonds. The molecule has 1 heterocycles. The number of rotatable bonds is 5. The van der Waals surface area contributed by atoms with Crippen molar-refractivity contribution < 1.29 is 9.47 Å². The van der Waals surface area contributed by atoms with Gasteiger partial charge in [0.25, 0.3) is 0 Å². The molecule has 1 aliphatic heterocycles. The van der Waals surface area contributed by atoms with E-state index in [1.54, 1.807) is 14.2 Å². The predicted molar refractivity (Wildman–Crippen MR) is 105 cm³/mol. The molecule has 1 aliphatic rings. The number of anilines is 1. The van der Waals surface area contributed by atoms with E-state index < -0.39 is 0 Å². The molecule has 1 unspecified atom stereocenters. The molecule has 7 heteroatoms. The van der Waals surface area contributed by atoms with Gasteiger partial charge in [-0.25, -0.2) is 0 Å². The average molecular weight is 437 g/mol. The summed E-state index contributed by atoms with van der Waals surface area (Å²) in [6.45, 7) is 0.776. The molecule has 0 spiro atoms. The van der Waals surface area contributed by atoms with Crippen molar-refractivity contribution in [1.82, 2.24) is 0 Å². The van der Waals surface area contributed by atoms with Gasteiger partial charge in [0.05, 0.1) is 19.9 Å². The Kier molecular flexibility index (Phi) is 8.77. The van der Waals surface area contributed by atoms with E-state index in [2.05, 4.69) is 10.3 Å². The van der Waals surface area contributed by atoms with Gasteiger partial charge in [0.15, 0.2) is 5.96 Å². The number of guanidine groups is 1. The van der Waals surface area contributed by atoms with Crippen LogP contribution >= 0.6 is 35.7 Å². The predicted octanol–water partition coefficient (Wildman–Crippen LogP) is 3.19. The molecule has 0 aliphatic carbocycles. The summed E-state index contributed by atoms with van der Waals surface area (Å²) in [5.74, 6) is 4.96. The van der Waals surface area contributed by atoms with Crippen molar-refractivity contribution in [3.05, 3.63) is 18.2 Å². The summed E-state index contributed by atoms with van der Waals surface area (Å²) in [6.07, 6.45) is 2.52. The summed E-state index contributed by atoms with van der Waals surface area (Å²) in [7, 11) is 3.25. The SMILES string of the molecule is COc1ccc(OC)c(NC(N)=NCC2CCCSC2)c1.I. The maximum absolute atomic E-state index is 5.97. The summed E-state index contributed by atoms with van der Waals surface area (Å²) in [6, 6.07) is 5.53. The van der Waals surface area contributed by atoms with E-state index in [4.69, 9.17) is 15.2 Å². The number of halogens is 1. The Bertz CT molecular complexity index is 494. The minimum absolute atomic E-state index is 0. The van der Waals surface area contributed by atoms with E-state index in [0.29, 0.717) is 17.6 Å². The van der Waals surface area contributed by atoms with Crippen LogP contribution in [0, 0.1) is 5.92 Å². The second-order valence-electron chi connectivity index (χ2n) is 5.00. The number of thioether (sulfide) groups is 1. The molecule has 0 bridgehead atoms. The van der Waals surface area contributed by atoms with Crippen molar-refractivity contribution in [2.75, 3.05) is 37.6 Å². The lowest BCUT2D eigenvalue weighted by Crippen LogP contribution is -2.25. The Morgan fingerprint density at radius 3 is 2.86 bits per heavy atom. The number of benzene rings is 1. The zero-order chi connectivity index (χ0) is 15.1. The smallest absolute Gasteiger partial charge is 0.193 e. The van der Waals surface area contributed by atoms with Gasteiger partial charge in [-0.3, -0.25) is 4.99 Å². The highest BCUT2D eigenvalue weighted by molar-refractivity contribution is 14.0. The minimum Gasteiger partial charge on any atom is -0.497 e. The van der Waals surface area contributed by atoms with Gasteiger partial charge in [-0.05, 0) is 42.4 Å². The summed E-state index contributed by atoms with van der Waals surface area (Å²) in [5, 5.41) is 3.09. The topological polar surface area (TPSA) is 68.9 Å². The molecule has 0 aromatic heterocycles. The van der Waals surface area contributed by atoms with Gasteiger partial charge in [0, 0.05) is 12.6 Å². The van der Waals surface area contributed by atoms with Crippen LogP contribution in [-0.2, 0) is 0 Å². The fraction of sp³-hybridized carbons (Fsp3) is 0.533. The molecule has 5 nitrogen and oxygen atoms in total. The van der Waals surface area contributed by atoms with Crippen molar-refractivity contribution >= 4 is 47.4 Å². The molecule has 3 N–H and O–H groups in total. The maximum atomic E-state index is 5.97. The summed E-state index contributed by atoms with van der Waals surface area (Å²) < 4.78 is 10.5. The summed E-state index contributed by atoms with van der Waals surface area (Å²) >= 11 is 2.00. The van der Waals surface area contributed by atoms with Crippen molar-refractivity contribution in [2.45, 2.75) is 12.8 Å². The number of nitrogens with two attached hydrogens (primary N) is 1. The fourth-order valence-electron chi connectivity index (χ4n) is 2.27. The van der Waals surface area contributed by atoms with Gasteiger partial charge < -0.3 is 20.5 Å². The van der Waals surface area contributed by atoms with E-state index in [1.807, 2.05) is 30.0 Å².